The molecule has 1 heterocycles. The minimum Gasteiger partial charge on any atom is -0.267 e. The number of benzene rings is 2. The Kier molecular flexibility index (Phi) is 4.50. The van der Waals surface area contributed by atoms with Gasteiger partial charge in [-0.3, -0.25) is 9.36 Å². The van der Waals surface area contributed by atoms with Gasteiger partial charge in [0.2, 0.25) is 10.0 Å². The zero-order valence-electron chi connectivity index (χ0n) is 12.2. The molecular weight excluding hydrogens is 394 g/mol. The van der Waals surface area contributed by atoms with Crippen LogP contribution in [0.15, 0.2) is 51.5 Å². The lowest BCUT2D eigenvalue weighted by molar-refractivity contribution is 0.555. The van der Waals surface area contributed by atoms with Crippen molar-refractivity contribution < 1.29 is 17.2 Å². The zero-order valence-corrected chi connectivity index (χ0v) is 14.6. The number of hydrogen-bond donors (Lipinski definition) is 1. The summed E-state index contributed by atoms with van der Waals surface area (Å²) in [5.74, 6) is -2.23. The first-order chi connectivity index (χ1) is 11.7. The van der Waals surface area contributed by atoms with Crippen LogP contribution in [0.25, 0.3) is 16.9 Å². The lowest BCUT2D eigenvalue weighted by atomic mass is 10.1. The van der Waals surface area contributed by atoms with Gasteiger partial charge in [0.1, 0.15) is 16.5 Å². The molecule has 2 N–H and O–H groups in total. The fourth-order valence-electron chi connectivity index (χ4n) is 2.27. The largest absolute Gasteiger partial charge is 0.312 e. The summed E-state index contributed by atoms with van der Waals surface area (Å²) in [4.78, 5) is 10.8. The van der Waals surface area contributed by atoms with Crippen molar-refractivity contribution in [3.05, 3.63) is 68.1 Å². The van der Waals surface area contributed by atoms with E-state index in [2.05, 4.69) is 0 Å². The van der Waals surface area contributed by atoms with E-state index in [4.69, 9.17) is 16.7 Å². The Labute approximate surface area is 150 Å². The average Bonchev–Trinajstić information content (AvgIpc) is 2.90. The van der Waals surface area contributed by atoms with Crippen LogP contribution in [0.2, 0.25) is 5.02 Å². The van der Waals surface area contributed by atoms with Gasteiger partial charge in [-0.2, -0.15) is 0 Å². The normalized spacial score (nSPS) is 11.7. The van der Waals surface area contributed by atoms with Gasteiger partial charge < -0.3 is 0 Å². The van der Waals surface area contributed by atoms with Gasteiger partial charge >= 0.3 is 4.87 Å². The molecule has 0 saturated heterocycles. The smallest absolute Gasteiger partial charge is 0.267 e. The maximum absolute atomic E-state index is 14.4. The van der Waals surface area contributed by atoms with Crippen LogP contribution in [0.5, 0.6) is 0 Å². The first kappa shape index (κ1) is 17.7. The predicted octanol–water partition coefficient (Wildman–Crippen LogP) is 3.15. The van der Waals surface area contributed by atoms with Gasteiger partial charge in [0, 0.05) is 16.0 Å². The van der Waals surface area contributed by atoms with Crippen molar-refractivity contribution in [3.8, 4) is 16.9 Å². The Bertz CT molecular complexity index is 1120. The third kappa shape index (κ3) is 3.36. The molecule has 0 fully saturated rings. The molecule has 5 nitrogen and oxygen atoms in total. The first-order valence-corrected chi connectivity index (χ1v) is 9.47. The molecule has 0 amide bonds. The molecule has 0 aliphatic carbocycles. The van der Waals surface area contributed by atoms with Crippen LogP contribution in [0.3, 0.4) is 0 Å². The molecule has 0 aliphatic rings. The molecule has 1 aromatic heterocycles. The maximum Gasteiger partial charge on any atom is 0.312 e. The molecule has 10 heteroatoms. The molecule has 2 aromatic carbocycles. The fraction of sp³-hybridized carbons (Fsp3) is 0. The highest BCUT2D eigenvalue weighted by molar-refractivity contribution is 7.89. The van der Waals surface area contributed by atoms with Crippen molar-refractivity contribution in [2.45, 2.75) is 4.90 Å². The van der Waals surface area contributed by atoms with Crippen LogP contribution in [0.4, 0.5) is 8.78 Å². The number of halogens is 3. The minimum absolute atomic E-state index is 0.0784. The average molecular weight is 403 g/mol. The Balaban J connectivity index is 2.24. The van der Waals surface area contributed by atoms with Crippen LogP contribution in [-0.2, 0) is 10.0 Å². The molecule has 0 saturated carbocycles. The molecule has 0 radical (unpaired) electrons. The third-order valence-corrected chi connectivity index (χ3v) is 5.29. The summed E-state index contributed by atoms with van der Waals surface area (Å²) in [5, 5.41) is 6.65. The Morgan fingerprint density at radius 2 is 1.72 bits per heavy atom. The SMILES string of the molecule is NS(=O)(=O)c1cc(F)c(-c2csc(=O)n2-c2ccc(Cl)cc2)cc1F. The number of rotatable bonds is 3. The second-order valence-corrected chi connectivity index (χ2v) is 7.79. The van der Waals surface area contributed by atoms with Gasteiger partial charge in [0.05, 0.1) is 11.4 Å². The van der Waals surface area contributed by atoms with Crippen LogP contribution in [0.1, 0.15) is 0 Å². The summed E-state index contributed by atoms with van der Waals surface area (Å²) in [6.07, 6.45) is 0. The highest BCUT2D eigenvalue weighted by Gasteiger charge is 2.21. The van der Waals surface area contributed by atoms with Gasteiger partial charge in [-0.05, 0) is 36.4 Å². The second-order valence-electron chi connectivity index (χ2n) is 5.01. The standard InChI is InChI=1S/C15H9ClF2N2O3S2/c16-8-1-3-9(4-2-8)20-13(7-24-15(20)21)10-5-12(18)14(6-11(10)17)25(19,22)23/h1-7H,(H2,19,22,23). The lowest BCUT2D eigenvalue weighted by Crippen LogP contribution is -2.15. The number of thiazole rings is 1. The summed E-state index contributed by atoms with van der Waals surface area (Å²) in [7, 11) is -4.41. The molecule has 25 heavy (non-hydrogen) atoms. The van der Waals surface area contributed by atoms with Crippen molar-refractivity contribution >= 4 is 33.0 Å². The lowest BCUT2D eigenvalue weighted by Gasteiger charge is -2.10. The van der Waals surface area contributed by atoms with E-state index in [0.717, 1.165) is 11.3 Å². The van der Waals surface area contributed by atoms with E-state index in [0.29, 0.717) is 22.8 Å². The monoisotopic (exact) mass is 402 g/mol. The summed E-state index contributed by atoms with van der Waals surface area (Å²) in [6, 6.07) is 7.38. The Morgan fingerprint density at radius 1 is 1.08 bits per heavy atom. The summed E-state index contributed by atoms with van der Waals surface area (Å²) in [6.45, 7) is 0. The van der Waals surface area contributed by atoms with Crippen molar-refractivity contribution in [2.24, 2.45) is 5.14 Å². The van der Waals surface area contributed by atoms with Gasteiger partial charge in [-0.25, -0.2) is 22.3 Å². The van der Waals surface area contributed by atoms with Gasteiger partial charge in [0.25, 0.3) is 0 Å². The number of sulfonamides is 1. The second kappa shape index (κ2) is 6.34. The molecule has 3 rings (SSSR count). The highest BCUT2D eigenvalue weighted by atomic mass is 35.5. The van der Waals surface area contributed by atoms with E-state index in [9.17, 15) is 22.0 Å². The van der Waals surface area contributed by atoms with Crippen LogP contribution < -0.4 is 10.0 Å². The topological polar surface area (TPSA) is 82.2 Å². The van der Waals surface area contributed by atoms with Crippen LogP contribution >= 0.6 is 22.9 Å². The number of nitrogens with zero attached hydrogens (tertiary/aromatic N) is 1. The van der Waals surface area contributed by atoms with Gasteiger partial charge in [0.15, 0.2) is 0 Å². The zero-order chi connectivity index (χ0) is 18.4. The summed E-state index contributed by atoms with van der Waals surface area (Å²) >= 11 is 6.60. The Hall–Kier alpha value is -2.07. The fourth-order valence-corrected chi connectivity index (χ4v) is 3.75. The van der Waals surface area contributed by atoms with E-state index in [1.165, 1.54) is 9.95 Å². The molecule has 130 valence electrons. The van der Waals surface area contributed by atoms with Crippen molar-refractivity contribution in [1.29, 1.82) is 0 Å². The number of aromatic nitrogens is 1. The Morgan fingerprint density at radius 3 is 2.32 bits per heavy atom. The number of nitrogens with two attached hydrogens (primary N) is 1. The molecule has 0 unspecified atom stereocenters. The van der Waals surface area contributed by atoms with Gasteiger partial charge in [-0.15, -0.1) is 0 Å². The van der Waals surface area contributed by atoms with Crippen LogP contribution in [-0.4, -0.2) is 13.0 Å². The van der Waals surface area contributed by atoms with E-state index in [-0.39, 0.29) is 11.3 Å². The maximum atomic E-state index is 14.4. The first-order valence-electron chi connectivity index (χ1n) is 6.67. The van der Waals surface area contributed by atoms with E-state index in [1.807, 2.05) is 0 Å². The van der Waals surface area contributed by atoms with E-state index >= 15 is 0 Å². The van der Waals surface area contributed by atoms with Crippen molar-refractivity contribution in [1.82, 2.24) is 4.57 Å². The third-order valence-electron chi connectivity index (χ3n) is 3.38. The molecule has 0 atom stereocenters. The molecule has 0 spiro atoms. The van der Waals surface area contributed by atoms with Crippen molar-refractivity contribution in [3.63, 3.8) is 0 Å². The van der Waals surface area contributed by atoms with E-state index < -0.39 is 31.4 Å². The molecule has 3 aromatic rings. The molecule has 0 bridgehead atoms. The summed E-state index contributed by atoms with van der Waals surface area (Å²) in [5.41, 5.74) is 0.217. The van der Waals surface area contributed by atoms with Crippen LogP contribution in [0, 0.1) is 11.6 Å². The quantitative estimate of drug-likeness (QED) is 0.730. The van der Waals surface area contributed by atoms with Gasteiger partial charge in [-0.1, -0.05) is 22.9 Å². The van der Waals surface area contributed by atoms with E-state index in [1.54, 1.807) is 24.3 Å². The molecular formula is C15H9ClF2N2O3S2. The minimum atomic E-state index is -4.41. The summed E-state index contributed by atoms with van der Waals surface area (Å²) < 4.78 is 52.2. The number of hydrogen-bond acceptors (Lipinski definition) is 4. The van der Waals surface area contributed by atoms with Crippen molar-refractivity contribution in [2.75, 3.05) is 0 Å². The molecule has 0 aliphatic heterocycles. The number of primary sulfonamides is 1. The predicted molar refractivity (Wildman–Crippen MR) is 91.7 cm³/mol. The highest BCUT2D eigenvalue weighted by Crippen LogP contribution is 2.29.